The fourth-order valence-electron chi connectivity index (χ4n) is 2.04. The summed E-state index contributed by atoms with van der Waals surface area (Å²) in [4.78, 5) is 1.71. The summed E-state index contributed by atoms with van der Waals surface area (Å²) in [6.07, 6.45) is 0. The Labute approximate surface area is 112 Å². The fraction of sp³-hybridized carbons (Fsp3) is 0.308. The van der Waals surface area contributed by atoms with Crippen molar-refractivity contribution in [3.63, 3.8) is 0 Å². The lowest BCUT2D eigenvalue weighted by Gasteiger charge is -2.18. The predicted molar refractivity (Wildman–Crippen MR) is 76.7 cm³/mol. The molecule has 0 spiro atoms. The largest absolute Gasteiger partial charge is 0.369 e. The molecule has 6 heteroatoms. The van der Waals surface area contributed by atoms with Gasteiger partial charge in [0.05, 0.1) is 12.5 Å². The van der Waals surface area contributed by atoms with Gasteiger partial charge < -0.3 is 10.6 Å². The highest BCUT2D eigenvalue weighted by atomic mass is 15.5. The molecule has 1 atom stereocenters. The maximum Gasteiger partial charge on any atom is 0.209 e. The minimum atomic E-state index is -0.0949. The van der Waals surface area contributed by atoms with Gasteiger partial charge in [-0.05, 0) is 5.56 Å². The Morgan fingerprint density at radius 2 is 1.95 bits per heavy atom. The average Bonchev–Trinajstić information content (AvgIpc) is 2.83. The summed E-state index contributed by atoms with van der Waals surface area (Å²) in [7, 11) is 3.62. The number of nitrogens with one attached hydrogen (secondary N) is 2. The van der Waals surface area contributed by atoms with Gasteiger partial charge in [-0.3, -0.25) is 10.8 Å². The van der Waals surface area contributed by atoms with E-state index in [1.54, 1.807) is 4.90 Å². The minimum Gasteiger partial charge on any atom is -0.369 e. The number of nitrogens with zero attached hydrogens (tertiary/aromatic N) is 3. The van der Waals surface area contributed by atoms with Crippen LogP contribution in [0.5, 0.6) is 0 Å². The monoisotopic (exact) mass is 258 g/mol. The lowest BCUT2D eigenvalue weighted by Crippen LogP contribution is -2.33. The van der Waals surface area contributed by atoms with E-state index in [0.29, 0.717) is 18.1 Å². The molecule has 4 N–H and O–H groups in total. The molecule has 100 valence electrons. The second-order valence-electron chi connectivity index (χ2n) is 4.66. The van der Waals surface area contributed by atoms with Crippen molar-refractivity contribution in [1.29, 1.82) is 10.8 Å². The second-order valence-corrected chi connectivity index (χ2v) is 4.66. The number of benzene rings is 1. The van der Waals surface area contributed by atoms with Gasteiger partial charge in [-0.2, -0.15) is 5.10 Å². The van der Waals surface area contributed by atoms with Gasteiger partial charge in [0.25, 0.3) is 0 Å². The molecule has 1 heterocycles. The number of rotatable bonds is 2. The van der Waals surface area contributed by atoms with Gasteiger partial charge >= 0.3 is 0 Å². The molecular formula is C13H18N6. The van der Waals surface area contributed by atoms with Crippen LogP contribution in [-0.2, 0) is 0 Å². The lowest BCUT2D eigenvalue weighted by molar-refractivity contribution is 0.466. The summed E-state index contributed by atoms with van der Waals surface area (Å²) in [6.45, 7) is 0.505. The number of nitrogens with two attached hydrogens (primary N) is 1. The number of amidine groups is 1. The van der Waals surface area contributed by atoms with E-state index in [4.69, 9.17) is 16.6 Å². The predicted octanol–water partition coefficient (Wildman–Crippen LogP) is 0.874. The topological polar surface area (TPSA) is 92.6 Å². The third-order valence-corrected chi connectivity index (χ3v) is 3.08. The highest BCUT2D eigenvalue weighted by Gasteiger charge is 2.32. The van der Waals surface area contributed by atoms with Crippen LogP contribution in [0.4, 0.5) is 0 Å². The average molecular weight is 258 g/mol. The summed E-state index contributed by atoms with van der Waals surface area (Å²) in [6, 6.07) is 9.89. The summed E-state index contributed by atoms with van der Waals surface area (Å²) in [5, 5.41) is 21.3. The van der Waals surface area contributed by atoms with Gasteiger partial charge in [-0.15, -0.1) is 0 Å². The summed E-state index contributed by atoms with van der Waals surface area (Å²) < 4.78 is 0. The van der Waals surface area contributed by atoms with Gasteiger partial charge in [0.2, 0.25) is 5.96 Å². The van der Waals surface area contributed by atoms with Crippen molar-refractivity contribution in [3.8, 4) is 0 Å². The van der Waals surface area contributed by atoms with E-state index in [2.05, 4.69) is 5.10 Å². The van der Waals surface area contributed by atoms with Crippen LogP contribution in [0.25, 0.3) is 0 Å². The first-order valence-electron chi connectivity index (χ1n) is 6.02. The Hall–Kier alpha value is -2.37. The molecule has 1 aliphatic heterocycles. The molecule has 0 radical (unpaired) electrons. The molecular weight excluding hydrogens is 240 g/mol. The van der Waals surface area contributed by atoms with E-state index in [9.17, 15) is 0 Å². The van der Waals surface area contributed by atoms with Gasteiger partial charge in [-0.1, -0.05) is 30.3 Å². The Morgan fingerprint density at radius 1 is 1.32 bits per heavy atom. The van der Waals surface area contributed by atoms with Crippen LogP contribution < -0.4 is 5.73 Å². The SMILES string of the molecule is CN(C)C(=N)C1=NN(C(=N)N)CC1c1ccccc1. The van der Waals surface area contributed by atoms with Gasteiger partial charge in [-0.25, -0.2) is 5.01 Å². The molecule has 1 unspecified atom stereocenters. The molecule has 0 fully saturated rings. The van der Waals surface area contributed by atoms with Gasteiger partial charge in [0.1, 0.15) is 11.5 Å². The molecule has 1 aliphatic rings. The Morgan fingerprint density at radius 3 is 2.47 bits per heavy atom. The van der Waals surface area contributed by atoms with E-state index >= 15 is 0 Å². The summed E-state index contributed by atoms with van der Waals surface area (Å²) >= 11 is 0. The zero-order valence-corrected chi connectivity index (χ0v) is 11.1. The third kappa shape index (κ3) is 2.57. The van der Waals surface area contributed by atoms with E-state index in [-0.39, 0.29) is 11.9 Å². The second kappa shape index (κ2) is 5.09. The number of hydrazone groups is 1. The van der Waals surface area contributed by atoms with Crippen molar-refractivity contribution in [3.05, 3.63) is 35.9 Å². The van der Waals surface area contributed by atoms with Crippen LogP contribution in [0.2, 0.25) is 0 Å². The van der Waals surface area contributed by atoms with Crippen molar-refractivity contribution in [2.24, 2.45) is 10.8 Å². The molecule has 1 aromatic carbocycles. The zero-order chi connectivity index (χ0) is 14.0. The number of hydrogen-bond acceptors (Lipinski definition) is 3. The lowest BCUT2D eigenvalue weighted by atomic mass is 9.94. The van der Waals surface area contributed by atoms with E-state index in [1.165, 1.54) is 5.01 Å². The van der Waals surface area contributed by atoms with E-state index in [0.717, 1.165) is 5.56 Å². The van der Waals surface area contributed by atoms with E-state index < -0.39 is 0 Å². The zero-order valence-electron chi connectivity index (χ0n) is 11.1. The molecule has 0 amide bonds. The molecule has 0 aliphatic carbocycles. The molecule has 0 saturated heterocycles. The third-order valence-electron chi connectivity index (χ3n) is 3.08. The quantitative estimate of drug-likeness (QED) is 0.543. The van der Waals surface area contributed by atoms with Crippen molar-refractivity contribution >= 4 is 17.5 Å². The van der Waals surface area contributed by atoms with Crippen LogP contribution in [-0.4, -0.2) is 48.1 Å². The first-order chi connectivity index (χ1) is 9.00. The van der Waals surface area contributed by atoms with E-state index in [1.807, 2.05) is 44.4 Å². The van der Waals surface area contributed by atoms with Crippen molar-refractivity contribution in [2.45, 2.75) is 5.92 Å². The summed E-state index contributed by atoms with van der Waals surface area (Å²) in [5.41, 5.74) is 7.22. The smallest absolute Gasteiger partial charge is 0.209 e. The van der Waals surface area contributed by atoms with Crippen LogP contribution in [0.15, 0.2) is 35.4 Å². The molecule has 6 nitrogen and oxygen atoms in total. The Kier molecular flexibility index (Phi) is 3.50. The minimum absolute atomic E-state index is 0.0278. The molecule has 0 saturated carbocycles. The standard InChI is InChI=1S/C13H18N6/c1-18(2)12(14)11-10(8-19(17-11)13(15)16)9-6-4-3-5-7-9/h3-7,10,14H,8H2,1-2H3,(H3,15,16). The summed E-state index contributed by atoms with van der Waals surface area (Å²) in [5.74, 6) is 0.222. The molecule has 0 bridgehead atoms. The normalized spacial score (nSPS) is 18.1. The highest BCUT2D eigenvalue weighted by molar-refractivity contribution is 6.42. The van der Waals surface area contributed by atoms with Gasteiger partial charge in [0, 0.05) is 14.1 Å². The maximum atomic E-state index is 8.11. The van der Waals surface area contributed by atoms with Gasteiger partial charge in [0.15, 0.2) is 0 Å². The molecule has 1 aromatic rings. The molecule has 19 heavy (non-hydrogen) atoms. The van der Waals surface area contributed by atoms with Crippen LogP contribution in [0, 0.1) is 10.8 Å². The van der Waals surface area contributed by atoms with Crippen LogP contribution >= 0.6 is 0 Å². The highest BCUT2D eigenvalue weighted by Crippen LogP contribution is 2.25. The number of hydrogen-bond donors (Lipinski definition) is 3. The van der Waals surface area contributed by atoms with Crippen molar-refractivity contribution in [2.75, 3.05) is 20.6 Å². The van der Waals surface area contributed by atoms with Crippen molar-refractivity contribution < 1.29 is 0 Å². The van der Waals surface area contributed by atoms with Crippen LogP contribution in [0.3, 0.4) is 0 Å². The number of guanidine groups is 1. The van der Waals surface area contributed by atoms with Crippen LogP contribution in [0.1, 0.15) is 11.5 Å². The Balaban J connectivity index is 2.36. The van der Waals surface area contributed by atoms with Crippen molar-refractivity contribution in [1.82, 2.24) is 9.91 Å². The first-order valence-corrected chi connectivity index (χ1v) is 6.02. The molecule has 0 aromatic heterocycles. The molecule has 2 rings (SSSR count). The maximum absolute atomic E-state index is 8.11. The fourth-order valence-corrected chi connectivity index (χ4v) is 2.04. The first kappa shape index (κ1) is 13.1. The Bertz CT molecular complexity index is 519.